The van der Waals surface area contributed by atoms with Crippen molar-refractivity contribution in [2.75, 3.05) is 7.05 Å². The van der Waals surface area contributed by atoms with Gasteiger partial charge in [0.05, 0.1) is 5.02 Å². The van der Waals surface area contributed by atoms with Crippen molar-refractivity contribution in [3.63, 3.8) is 0 Å². The van der Waals surface area contributed by atoms with Crippen LogP contribution in [-0.4, -0.2) is 27.3 Å². The highest BCUT2D eigenvalue weighted by Crippen LogP contribution is 2.22. The number of halogens is 2. The summed E-state index contributed by atoms with van der Waals surface area (Å²) in [6, 6.07) is 9.87. The van der Waals surface area contributed by atoms with Crippen molar-refractivity contribution in [3.05, 3.63) is 63.6 Å². The van der Waals surface area contributed by atoms with Gasteiger partial charge in [0.2, 0.25) is 10.0 Å². The monoisotopic (exact) mass is 401 g/mol. The third-order valence-corrected chi connectivity index (χ3v) is 5.26. The molecule has 0 saturated carbocycles. The van der Waals surface area contributed by atoms with Gasteiger partial charge in [-0.1, -0.05) is 29.3 Å². The number of rotatable bonds is 4. The minimum atomic E-state index is -3.83. The van der Waals surface area contributed by atoms with E-state index in [1.807, 2.05) is 0 Å². The Bertz CT molecular complexity index is 932. The Kier molecular flexibility index (Phi) is 6.02. The molecular weight excluding hydrogens is 389 g/mol. The molecule has 0 aliphatic carbocycles. The van der Waals surface area contributed by atoms with Gasteiger partial charge in [0.15, 0.2) is 0 Å². The summed E-state index contributed by atoms with van der Waals surface area (Å²) in [5.74, 6) is -1.28. The van der Waals surface area contributed by atoms with E-state index in [2.05, 4.69) is 15.6 Å². The minimum Gasteiger partial charge on any atom is -0.267 e. The van der Waals surface area contributed by atoms with Gasteiger partial charge in [-0.05, 0) is 43.4 Å². The summed E-state index contributed by atoms with van der Waals surface area (Å²) >= 11 is 11.6. The second-order valence-corrected chi connectivity index (χ2v) is 7.47. The van der Waals surface area contributed by atoms with Crippen molar-refractivity contribution in [2.24, 2.45) is 0 Å². The molecule has 2 aromatic rings. The van der Waals surface area contributed by atoms with Crippen LogP contribution in [0.2, 0.25) is 10.0 Å². The first-order chi connectivity index (χ1) is 11.7. The molecule has 3 N–H and O–H groups in total. The van der Waals surface area contributed by atoms with E-state index in [0.717, 1.165) is 6.07 Å². The van der Waals surface area contributed by atoms with Crippen LogP contribution in [-0.2, 0) is 10.0 Å². The first-order valence-electron chi connectivity index (χ1n) is 6.84. The van der Waals surface area contributed by atoms with Crippen LogP contribution < -0.4 is 15.6 Å². The molecule has 0 bridgehead atoms. The summed E-state index contributed by atoms with van der Waals surface area (Å²) in [4.78, 5) is 23.8. The second kappa shape index (κ2) is 7.83. The Labute approximate surface area is 154 Å². The Hall–Kier alpha value is -2.13. The van der Waals surface area contributed by atoms with E-state index in [9.17, 15) is 18.0 Å². The molecule has 2 aromatic carbocycles. The van der Waals surface area contributed by atoms with Gasteiger partial charge in [0, 0.05) is 16.1 Å². The van der Waals surface area contributed by atoms with Gasteiger partial charge in [-0.25, -0.2) is 13.1 Å². The van der Waals surface area contributed by atoms with E-state index in [0.29, 0.717) is 5.02 Å². The average Bonchev–Trinajstić information content (AvgIpc) is 2.59. The summed E-state index contributed by atoms with van der Waals surface area (Å²) in [5, 5.41) is 0.340. The lowest BCUT2D eigenvalue weighted by molar-refractivity contribution is 0.0846. The van der Waals surface area contributed by atoms with Crippen LogP contribution >= 0.6 is 23.2 Å². The third kappa shape index (κ3) is 4.70. The molecule has 0 spiro atoms. The van der Waals surface area contributed by atoms with Crippen LogP contribution in [0.15, 0.2) is 47.4 Å². The van der Waals surface area contributed by atoms with Crippen molar-refractivity contribution in [1.29, 1.82) is 0 Å². The van der Waals surface area contributed by atoms with E-state index >= 15 is 0 Å². The normalized spacial score (nSPS) is 11.0. The highest BCUT2D eigenvalue weighted by Gasteiger charge is 2.19. The lowest BCUT2D eigenvalue weighted by Crippen LogP contribution is -2.41. The highest BCUT2D eigenvalue weighted by molar-refractivity contribution is 7.89. The van der Waals surface area contributed by atoms with Crippen LogP contribution in [0.5, 0.6) is 0 Å². The number of amides is 2. The Morgan fingerprint density at radius 2 is 1.52 bits per heavy atom. The standard InChI is InChI=1S/C15H13Cl2N3O4S/c1-18-25(23,24)13-8-10(5-6-12(13)17)15(22)20-19-14(21)9-3-2-4-11(16)7-9/h2-8,18H,1H3,(H,19,21)(H,20,22). The van der Waals surface area contributed by atoms with Gasteiger partial charge in [-0.15, -0.1) is 0 Å². The smallest absolute Gasteiger partial charge is 0.267 e. The van der Waals surface area contributed by atoms with Gasteiger partial charge in [0.25, 0.3) is 11.8 Å². The van der Waals surface area contributed by atoms with Crippen LogP contribution in [0, 0.1) is 0 Å². The highest BCUT2D eigenvalue weighted by atomic mass is 35.5. The molecule has 2 rings (SSSR count). The molecular formula is C15H13Cl2N3O4S. The summed E-state index contributed by atoms with van der Waals surface area (Å²) in [6.07, 6.45) is 0. The molecule has 25 heavy (non-hydrogen) atoms. The van der Waals surface area contributed by atoms with Gasteiger partial charge < -0.3 is 0 Å². The number of sulfonamides is 1. The van der Waals surface area contributed by atoms with Gasteiger partial charge in [0.1, 0.15) is 4.90 Å². The quantitative estimate of drug-likeness (QED) is 0.681. The van der Waals surface area contributed by atoms with Crippen molar-refractivity contribution >= 4 is 45.0 Å². The number of hydrazine groups is 1. The number of carbonyl (C=O) groups excluding carboxylic acids is 2. The number of hydrogen-bond acceptors (Lipinski definition) is 4. The van der Waals surface area contributed by atoms with Gasteiger partial charge >= 0.3 is 0 Å². The second-order valence-electron chi connectivity index (χ2n) is 4.77. The Balaban J connectivity index is 2.14. The predicted octanol–water partition coefficient (Wildman–Crippen LogP) is 1.98. The maximum atomic E-state index is 12.1. The maximum absolute atomic E-state index is 12.1. The zero-order chi connectivity index (χ0) is 18.6. The summed E-state index contributed by atoms with van der Waals surface area (Å²) in [5.41, 5.74) is 4.67. The van der Waals surface area contributed by atoms with Crippen molar-refractivity contribution in [1.82, 2.24) is 15.6 Å². The molecule has 0 unspecified atom stereocenters. The molecule has 0 atom stereocenters. The molecule has 0 saturated heterocycles. The first-order valence-corrected chi connectivity index (χ1v) is 9.08. The first kappa shape index (κ1) is 19.2. The molecule has 10 heteroatoms. The maximum Gasteiger partial charge on any atom is 0.269 e. The van der Waals surface area contributed by atoms with Crippen molar-refractivity contribution in [2.45, 2.75) is 4.90 Å². The lowest BCUT2D eigenvalue weighted by Gasteiger charge is -2.10. The van der Waals surface area contributed by atoms with E-state index in [1.165, 1.54) is 31.3 Å². The van der Waals surface area contributed by atoms with Crippen molar-refractivity contribution < 1.29 is 18.0 Å². The fourth-order valence-corrected chi connectivity index (χ4v) is 3.29. The molecule has 0 aliphatic heterocycles. The number of hydrogen-bond donors (Lipinski definition) is 3. The average molecular weight is 402 g/mol. The largest absolute Gasteiger partial charge is 0.269 e. The number of benzene rings is 2. The molecule has 0 heterocycles. The Morgan fingerprint density at radius 3 is 2.08 bits per heavy atom. The molecule has 0 aliphatic rings. The zero-order valence-electron chi connectivity index (χ0n) is 12.8. The third-order valence-electron chi connectivity index (χ3n) is 3.13. The van der Waals surface area contributed by atoms with Crippen LogP contribution in [0.3, 0.4) is 0 Å². The van der Waals surface area contributed by atoms with Crippen LogP contribution in [0.1, 0.15) is 20.7 Å². The predicted molar refractivity (Wildman–Crippen MR) is 94.1 cm³/mol. The number of carbonyl (C=O) groups is 2. The van der Waals surface area contributed by atoms with Gasteiger partial charge in [-0.2, -0.15) is 0 Å². The molecule has 132 valence electrons. The topological polar surface area (TPSA) is 104 Å². The lowest BCUT2D eigenvalue weighted by atomic mass is 10.2. The number of nitrogens with one attached hydrogen (secondary N) is 3. The van der Waals surface area contributed by atoms with E-state index in [1.54, 1.807) is 12.1 Å². The van der Waals surface area contributed by atoms with E-state index in [-0.39, 0.29) is 21.0 Å². The van der Waals surface area contributed by atoms with Crippen LogP contribution in [0.4, 0.5) is 0 Å². The van der Waals surface area contributed by atoms with E-state index < -0.39 is 21.8 Å². The molecule has 2 amide bonds. The summed E-state index contributed by atoms with van der Waals surface area (Å²) in [7, 11) is -2.60. The zero-order valence-corrected chi connectivity index (χ0v) is 15.2. The fourth-order valence-electron chi connectivity index (χ4n) is 1.85. The van der Waals surface area contributed by atoms with E-state index in [4.69, 9.17) is 23.2 Å². The Morgan fingerprint density at radius 1 is 0.920 bits per heavy atom. The molecule has 0 radical (unpaired) electrons. The van der Waals surface area contributed by atoms with Crippen molar-refractivity contribution in [3.8, 4) is 0 Å². The molecule has 0 aromatic heterocycles. The van der Waals surface area contributed by atoms with Crippen LogP contribution in [0.25, 0.3) is 0 Å². The molecule has 0 fully saturated rings. The van der Waals surface area contributed by atoms with Gasteiger partial charge in [-0.3, -0.25) is 20.4 Å². The summed E-state index contributed by atoms with van der Waals surface area (Å²) < 4.78 is 25.9. The minimum absolute atomic E-state index is 0.00428. The fraction of sp³-hybridized carbons (Fsp3) is 0.0667. The summed E-state index contributed by atoms with van der Waals surface area (Å²) in [6.45, 7) is 0. The SMILES string of the molecule is CNS(=O)(=O)c1cc(C(=O)NNC(=O)c2cccc(Cl)c2)ccc1Cl. The molecule has 7 nitrogen and oxygen atoms in total.